The fourth-order valence-corrected chi connectivity index (χ4v) is 3.90. The van der Waals surface area contributed by atoms with Crippen molar-refractivity contribution in [2.24, 2.45) is 5.92 Å². The van der Waals surface area contributed by atoms with E-state index in [-0.39, 0.29) is 24.4 Å². The normalized spacial score (nSPS) is 22.0. The Morgan fingerprint density at radius 3 is 2.76 bits per heavy atom. The van der Waals surface area contributed by atoms with E-state index in [9.17, 15) is 9.59 Å². The maximum atomic E-state index is 12.5. The van der Waals surface area contributed by atoms with Gasteiger partial charge in [-0.05, 0) is 43.7 Å². The number of nitrogens with one attached hydrogen (secondary N) is 2. The van der Waals surface area contributed by atoms with Crippen molar-refractivity contribution in [3.63, 3.8) is 0 Å². The molecule has 0 spiro atoms. The zero-order valence-electron chi connectivity index (χ0n) is 16.6. The number of carbonyl (C=O) groups excluding carboxylic acids is 2. The molecule has 9 nitrogen and oxygen atoms in total. The van der Waals surface area contributed by atoms with Crippen LogP contribution in [0.1, 0.15) is 44.9 Å². The van der Waals surface area contributed by atoms with Gasteiger partial charge in [0.15, 0.2) is 11.6 Å². The van der Waals surface area contributed by atoms with E-state index in [4.69, 9.17) is 8.94 Å². The number of carbonyl (C=O) groups is 2. The standard InChI is InChI=1S/C20H27N5O4/c1-13(26)21-10-16-7-6-15(25(16)12-14-4-5-14)9-19(27)22-11-18-23-20(29-24-18)17-3-2-8-28-17/h2-3,8,14-16H,4-7,9-12H2,1H3,(H,21,26)(H,22,27)/t15-,16+/m0/s1. The topological polar surface area (TPSA) is 114 Å². The van der Waals surface area contributed by atoms with Crippen LogP contribution in [0.15, 0.2) is 27.3 Å². The zero-order valence-corrected chi connectivity index (χ0v) is 16.6. The molecule has 1 aliphatic carbocycles. The molecule has 9 heteroatoms. The van der Waals surface area contributed by atoms with Crippen molar-refractivity contribution in [3.8, 4) is 11.7 Å². The Hall–Kier alpha value is -2.68. The summed E-state index contributed by atoms with van der Waals surface area (Å²) in [5.74, 6) is 1.91. The van der Waals surface area contributed by atoms with Crippen molar-refractivity contribution < 1.29 is 18.5 Å². The van der Waals surface area contributed by atoms with Crippen LogP contribution in [-0.2, 0) is 16.1 Å². The largest absolute Gasteiger partial charge is 0.459 e. The first-order valence-corrected chi connectivity index (χ1v) is 10.2. The van der Waals surface area contributed by atoms with Crippen molar-refractivity contribution in [3.05, 3.63) is 24.2 Å². The summed E-state index contributed by atoms with van der Waals surface area (Å²) >= 11 is 0. The minimum Gasteiger partial charge on any atom is -0.459 e. The van der Waals surface area contributed by atoms with Crippen LogP contribution in [0.4, 0.5) is 0 Å². The third-order valence-corrected chi connectivity index (χ3v) is 5.59. The molecular weight excluding hydrogens is 374 g/mol. The second kappa shape index (κ2) is 8.77. The summed E-state index contributed by atoms with van der Waals surface area (Å²) in [6.07, 6.45) is 6.47. The van der Waals surface area contributed by atoms with Crippen LogP contribution < -0.4 is 10.6 Å². The Morgan fingerprint density at radius 2 is 2.03 bits per heavy atom. The predicted molar refractivity (Wildman–Crippen MR) is 103 cm³/mol. The first-order valence-electron chi connectivity index (χ1n) is 10.2. The van der Waals surface area contributed by atoms with Crippen LogP contribution >= 0.6 is 0 Å². The molecule has 2 N–H and O–H groups in total. The lowest BCUT2D eigenvalue weighted by molar-refractivity contribution is -0.123. The first-order chi connectivity index (χ1) is 14.1. The highest BCUT2D eigenvalue weighted by Crippen LogP contribution is 2.35. The molecule has 2 aromatic rings. The lowest BCUT2D eigenvalue weighted by Crippen LogP contribution is -2.45. The number of amides is 2. The van der Waals surface area contributed by atoms with Crippen LogP contribution in [-0.4, -0.2) is 52.0 Å². The summed E-state index contributed by atoms with van der Waals surface area (Å²) in [6, 6.07) is 4.00. The van der Waals surface area contributed by atoms with Gasteiger partial charge in [-0.3, -0.25) is 14.5 Å². The molecule has 1 aliphatic heterocycles. The molecule has 4 rings (SSSR count). The molecule has 2 atom stereocenters. The maximum absolute atomic E-state index is 12.5. The number of rotatable bonds is 9. The Balaban J connectivity index is 1.28. The van der Waals surface area contributed by atoms with E-state index in [2.05, 4.69) is 25.7 Å². The molecule has 156 valence electrons. The maximum Gasteiger partial charge on any atom is 0.293 e. The lowest BCUT2D eigenvalue weighted by atomic mass is 10.1. The molecule has 2 aliphatic rings. The van der Waals surface area contributed by atoms with E-state index in [1.54, 1.807) is 19.1 Å². The Kier molecular flexibility index (Phi) is 5.94. The number of hydrogen-bond donors (Lipinski definition) is 2. The van der Waals surface area contributed by atoms with E-state index < -0.39 is 0 Å². The van der Waals surface area contributed by atoms with Gasteiger partial charge in [0, 0.05) is 38.5 Å². The molecule has 0 unspecified atom stereocenters. The van der Waals surface area contributed by atoms with Crippen LogP contribution in [0.2, 0.25) is 0 Å². The molecule has 0 radical (unpaired) electrons. The lowest BCUT2D eigenvalue weighted by Gasteiger charge is -2.30. The summed E-state index contributed by atoms with van der Waals surface area (Å²) in [5.41, 5.74) is 0. The van der Waals surface area contributed by atoms with E-state index in [1.807, 2.05) is 0 Å². The third-order valence-electron chi connectivity index (χ3n) is 5.59. The van der Waals surface area contributed by atoms with Gasteiger partial charge in [-0.2, -0.15) is 4.98 Å². The quantitative estimate of drug-likeness (QED) is 0.657. The molecule has 1 saturated carbocycles. The molecule has 2 amide bonds. The molecule has 29 heavy (non-hydrogen) atoms. The van der Waals surface area contributed by atoms with Gasteiger partial charge in [-0.1, -0.05) is 5.16 Å². The van der Waals surface area contributed by atoms with Gasteiger partial charge in [0.1, 0.15) is 0 Å². The molecule has 2 fully saturated rings. The fraction of sp³-hybridized carbons (Fsp3) is 0.600. The van der Waals surface area contributed by atoms with Crippen LogP contribution in [0.5, 0.6) is 0 Å². The minimum atomic E-state index is -0.0275. The molecule has 2 aromatic heterocycles. The number of aromatic nitrogens is 2. The second-order valence-electron chi connectivity index (χ2n) is 7.94. The molecule has 3 heterocycles. The van der Waals surface area contributed by atoms with Gasteiger partial charge in [0.25, 0.3) is 5.89 Å². The highest BCUT2D eigenvalue weighted by Gasteiger charge is 2.37. The Bertz CT molecular complexity index is 830. The van der Waals surface area contributed by atoms with E-state index in [0.29, 0.717) is 36.5 Å². The van der Waals surface area contributed by atoms with Crippen molar-refractivity contribution in [1.82, 2.24) is 25.7 Å². The van der Waals surface area contributed by atoms with Crippen molar-refractivity contribution in [2.75, 3.05) is 13.1 Å². The molecule has 1 saturated heterocycles. The molecule has 0 bridgehead atoms. The van der Waals surface area contributed by atoms with Gasteiger partial charge in [-0.25, -0.2) is 0 Å². The minimum absolute atomic E-state index is 0.00778. The van der Waals surface area contributed by atoms with Crippen LogP contribution in [0, 0.1) is 5.92 Å². The zero-order chi connectivity index (χ0) is 20.2. The van der Waals surface area contributed by atoms with Gasteiger partial charge < -0.3 is 19.6 Å². The summed E-state index contributed by atoms with van der Waals surface area (Å²) in [4.78, 5) is 30.5. The average Bonchev–Trinajstić information content (AvgIpc) is 3.09. The predicted octanol–water partition coefficient (Wildman–Crippen LogP) is 1.72. The van der Waals surface area contributed by atoms with Gasteiger partial charge in [0.05, 0.1) is 12.8 Å². The first kappa shape index (κ1) is 19.6. The number of furan rings is 1. The Labute approximate surface area is 169 Å². The summed E-state index contributed by atoms with van der Waals surface area (Å²) in [7, 11) is 0. The van der Waals surface area contributed by atoms with Gasteiger partial charge >= 0.3 is 0 Å². The number of hydrogen-bond acceptors (Lipinski definition) is 7. The molecule has 0 aromatic carbocycles. The molecular formula is C20H27N5O4. The van der Waals surface area contributed by atoms with E-state index in [1.165, 1.54) is 19.1 Å². The fourth-order valence-electron chi connectivity index (χ4n) is 3.90. The van der Waals surface area contributed by atoms with E-state index in [0.717, 1.165) is 25.3 Å². The van der Waals surface area contributed by atoms with Crippen LogP contribution in [0.25, 0.3) is 11.7 Å². The average molecular weight is 401 g/mol. The van der Waals surface area contributed by atoms with Crippen molar-refractivity contribution in [1.29, 1.82) is 0 Å². The highest BCUT2D eigenvalue weighted by atomic mass is 16.5. The summed E-state index contributed by atoms with van der Waals surface area (Å²) < 4.78 is 10.4. The van der Waals surface area contributed by atoms with Gasteiger partial charge in [-0.15, -0.1) is 0 Å². The smallest absolute Gasteiger partial charge is 0.293 e. The van der Waals surface area contributed by atoms with Crippen LogP contribution in [0.3, 0.4) is 0 Å². The SMILES string of the molecule is CC(=O)NC[C@H]1CC[C@@H](CC(=O)NCc2noc(-c3ccco3)n2)N1CC1CC1. The van der Waals surface area contributed by atoms with Gasteiger partial charge in [0.2, 0.25) is 11.8 Å². The highest BCUT2D eigenvalue weighted by molar-refractivity contribution is 5.76. The number of nitrogens with zero attached hydrogens (tertiary/aromatic N) is 3. The van der Waals surface area contributed by atoms with E-state index >= 15 is 0 Å². The summed E-state index contributed by atoms with van der Waals surface area (Å²) in [5, 5.41) is 9.70. The monoisotopic (exact) mass is 401 g/mol. The van der Waals surface area contributed by atoms with Crippen molar-refractivity contribution >= 4 is 11.8 Å². The summed E-state index contributed by atoms with van der Waals surface area (Å²) in [6.45, 7) is 3.42. The van der Waals surface area contributed by atoms with Crippen molar-refractivity contribution in [2.45, 2.75) is 57.7 Å². The third kappa shape index (κ3) is 5.23. The Morgan fingerprint density at radius 1 is 1.21 bits per heavy atom. The second-order valence-corrected chi connectivity index (χ2v) is 7.94. The number of likely N-dealkylation sites (tertiary alicyclic amines) is 1.